The molecule has 0 heterocycles. The molecule has 0 atom stereocenters. The van der Waals surface area contributed by atoms with E-state index < -0.39 is 10.0 Å². The lowest BCUT2D eigenvalue weighted by atomic mass is 10.3. The highest BCUT2D eigenvalue weighted by Crippen LogP contribution is 2.27. The molecule has 5 nitrogen and oxygen atoms in total. The van der Waals surface area contributed by atoms with E-state index in [1.54, 1.807) is 0 Å². The van der Waals surface area contributed by atoms with Crippen molar-refractivity contribution in [3.05, 3.63) is 28.2 Å². The van der Waals surface area contributed by atoms with Gasteiger partial charge in [0.15, 0.2) is 0 Å². The molecule has 124 valence electrons. The Kier molecular flexibility index (Phi) is 7.45. The van der Waals surface area contributed by atoms with Crippen LogP contribution in [-0.4, -0.2) is 33.7 Å². The lowest BCUT2D eigenvalue weighted by Gasteiger charge is -2.22. The molecule has 0 spiro atoms. The van der Waals surface area contributed by atoms with Crippen molar-refractivity contribution < 1.29 is 13.2 Å². The number of hydrogen-bond donors (Lipinski definition) is 1. The predicted octanol–water partition coefficient (Wildman–Crippen LogP) is 3.07. The van der Waals surface area contributed by atoms with Crippen molar-refractivity contribution in [1.29, 1.82) is 0 Å². The van der Waals surface area contributed by atoms with Gasteiger partial charge in [-0.15, -0.1) is 0 Å². The molecule has 0 radical (unpaired) electrons. The molecular weight excluding hydrogens is 347 g/mol. The first kappa shape index (κ1) is 19.1. The standard InChI is InChI=1S/C14H20Cl2N2O3S/c1-3-4-6-17-14(19)5-7-18(22(2,20)21)13-9-11(15)8-12(16)10-13/h8-10H,3-7H2,1-2H3,(H,17,19). The third kappa shape index (κ3) is 6.42. The topological polar surface area (TPSA) is 66.5 Å². The number of sulfonamides is 1. The molecule has 22 heavy (non-hydrogen) atoms. The van der Waals surface area contributed by atoms with E-state index in [4.69, 9.17) is 23.2 Å². The van der Waals surface area contributed by atoms with Crippen LogP contribution in [0.15, 0.2) is 18.2 Å². The molecule has 0 saturated carbocycles. The van der Waals surface area contributed by atoms with Crippen LogP contribution < -0.4 is 9.62 Å². The van der Waals surface area contributed by atoms with Crippen LogP contribution >= 0.6 is 23.2 Å². The maximum absolute atomic E-state index is 11.9. The molecule has 8 heteroatoms. The highest BCUT2D eigenvalue weighted by Gasteiger charge is 2.19. The summed E-state index contributed by atoms with van der Waals surface area (Å²) in [7, 11) is -3.54. The fraction of sp³-hybridized carbons (Fsp3) is 0.500. The quantitative estimate of drug-likeness (QED) is 0.718. The fourth-order valence-electron chi connectivity index (χ4n) is 1.87. The Labute approximate surface area is 141 Å². The van der Waals surface area contributed by atoms with Crippen LogP contribution in [0.25, 0.3) is 0 Å². The van der Waals surface area contributed by atoms with E-state index in [-0.39, 0.29) is 18.9 Å². The van der Waals surface area contributed by atoms with Crippen LogP contribution in [0.3, 0.4) is 0 Å². The number of nitrogens with zero attached hydrogens (tertiary/aromatic N) is 1. The number of nitrogens with one attached hydrogen (secondary N) is 1. The second kappa shape index (κ2) is 8.60. The van der Waals surface area contributed by atoms with E-state index in [2.05, 4.69) is 5.32 Å². The average Bonchev–Trinajstić information content (AvgIpc) is 2.36. The van der Waals surface area contributed by atoms with Gasteiger partial charge in [0, 0.05) is 29.6 Å². The minimum atomic E-state index is -3.54. The fourth-order valence-corrected chi connectivity index (χ4v) is 3.29. The number of rotatable bonds is 8. The van der Waals surface area contributed by atoms with Gasteiger partial charge < -0.3 is 5.32 Å². The molecule has 0 unspecified atom stereocenters. The second-order valence-corrected chi connectivity index (χ2v) is 7.70. The molecule has 1 amide bonds. The molecule has 0 aliphatic rings. The zero-order valence-corrected chi connectivity index (χ0v) is 14.9. The summed E-state index contributed by atoms with van der Waals surface area (Å²) < 4.78 is 25.0. The van der Waals surface area contributed by atoms with Crippen molar-refractivity contribution in [2.45, 2.75) is 26.2 Å². The van der Waals surface area contributed by atoms with Gasteiger partial charge in [-0.25, -0.2) is 8.42 Å². The Hall–Kier alpha value is -0.980. The number of unbranched alkanes of at least 4 members (excludes halogenated alkanes) is 1. The number of halogens is 2. The summed E-state index contributed by atoms with van der Waals surface area (Å²) in [4.78, 5) is 11.7. The SMILES string of the molecule is CCCCNC(=O)CCN(c1cc(Cl)cc(Cl)c1)S(C)(=O)=O. The summed E-state index contributed by atoms with van der Waals surface area (Å²) in [5, 5.41) is 3.43. The van der Waals surface area contributed by atoms with Crippen molar-refractivity contribution in [3.63, 3.8) is 0 Å². The molecular formula is C14H20Cl2N2O3S. The van der Waals surface area contributed by atoms with E-state index in [0.717, 1.165) is 23.4 Å². The first-order chi connectivity index (χ1) is 10.2. The van der Waals surface area contributed by atoms with Gasteiger partial charge in [0.25, 0.3) is 0 Å². The van der Waals surface area contributed by atoms with Crippen LogP contribution in [-0.2, 0) is 14.8 Å². The van der Waals surface area contributed by atoms with Crippen LogP contribution in [0.1, 0.15) is 26.2 Å². The molecule has 0 bridgehead atoms. The number of amides is 1. The lowest BCUT2D eigenvalue weighted by Crippen LogP contribution is -2.34. The summed E-state index contributed by atoms with van der Waals surface area (Å²) in [5.74, 6) is -0.185. The maximum Gasteiger partial charge on any atom is 0.232 e. The van der Waals surface area contributed by atoms with E-state index >= 15 is 0 Å². The predicted molar refractivity (Wildman–Crippen MR) is 91.2 cm³/mol. The highest BCUT2D eigenvalue weighted by atomic mass is 35.5. The van der Waals surface area contributed by atoms with Crippen molar-refractivity contribution in [3.8, 4) is 0 Å². The van der Waals surface area contributed by atoms with Crippen LogP contribution in [0.5, 0.6) is 0 Å². The number of carbonyl (C=O) groups is 1. The Morgan fingerprint density at radius 3 is 2.32 bits per heavy atom. The Morgan fingerprint density at radius 1 is 1.23 bits per heavy atom. The number of hydrogen-bond acceptors (Lipinski definition) is 3. The molecule has 0 saturated heterocycles. The average molecular weight is 367 g/mol. The van der Waals surface area contributed by atoms with Crippen molar-refractivity contribution in [2.24, 2.45) is 0 Å². The van der Waals surface area contributed by atoms with Crippen molar-refractivity contribution in [1.82, 2.24) is 5.32 Å². The number of benzene rings is 1. The van der Waals surface area contributed by atoms with Gasteiger partial charge in [-0.3, -0.25) is 9.10 Å². The Bertz CT molecular complexity index is 600. The molecule has 0 aliphatic carbocycles. The Balaban J connectivity index is 2.81. The summed E-state index contributed by atoms with van der Waals surface area (Å²) >= 11 is 11.8. The molecule has 0 aliphatic heterocycles. The minimum absolute atomic E-state index is 0.0352. The molecule has 1 aromatic carbocycles. The summed E-state index contributed by atoms with van der Waals surface area (Å²) in [6.07, 6.45) is 3.03. The number of anilines is 1. The first-order valence-electron chi connectivity index (χ1n) is 6.94. The first-order valence-corrected chi connectivity index (χ1v) is 9.55. The molecule has 1 aromatic rings. The summed E-state index contributed by atoms with van der Waals surface area (Å²) in [5.41, 5.74) is 0.348. The zero-order chi connectivity index (χ0) is 16.8. The number of carbonyl (C=O) groups excluding carboxylic acids is 1. The van der Waals surface area contributed by atoms with Gasteiger partial charge in [0.1, 0.15) is 0 Å². The van der Waals surface area contributed by atoms with Gasteiger partial charge in [0.2, 0.25) is 15.9 Å². The van der Waals surface area contributed by atoms with E-state index in [9.17, 15) is 13.2 Å². The molecule has 1 rings (SSSR count). The van der Waals surface area contributed by atoms with E-state index in [1.807, 2.05) is 6.92 Å². The molecule has 0 aromatic heterocycles. The summed E-state index contributed by atoms with van der Waals surface area (Å²) in [6, 6.07) is 4.53. The monoisotopic (exact) mass is 366 g/mol. The van der Waals surface area contributed by atoms with Gasteiger partial charge in [-0.05, 0) is 24.6 Å². The third-order valence-corrected chi connectivity index (χ3v) is 4.56. The smallest absolute Gasteiger partial charge is 0.232 e. The summed E-state index contributed by atoms with van der Waals surface area (Å²) in [6.45, 7) is 2.66. The Morgan fingerprint density at radius 2 is 1.82 bits per heavy atom. The van der Waals surface area contributed by atoms with Crippen LogP contribution in [0.4, 0.5) is 5.69 Å². The van der Waals surface area contributed by atoms with Crippen LogP contribution in [0.2, 0.25) is 10.0 Å². The lowest BCUT2D eigenvalue weighted by molar-refractivity contribution is -0.120. The minimum Gasteiger partial charge on any atom is -0.356 e. The van der Waals surface area contributed by atoms with E-state index in [0.29, 0.717) is 22.3 Å². The van der Waals surface area contributed by atoms with E-state index in [1.165, 1.54) is 18.2 Å². The largest absolute Gasteiger partial charge is 0.356 e. The second-order valence-electron chi connectivity index (χ2n) is 4.92. The molecule has 1 N–H and O–H groups in total. The highest BCUT2D eigenvalue weighted by molar-refractivity contribution is 7.92. The maximum atomic E-state index is 11.9. The van der Waals surface area contributed by atoms with Crippen molar-refractivity contribution in [2.75, 3.05) is 23.7 Å². The normalized spacial score (nSPS) is 11.3. The van der Waals surface area contributed by atoms with Crippen molar-refractivity contribution >= 4 is 44.8 Å². The van der Waals surface area contributed by atoms with Gasteiger partial charge in [-0.2, -0.15) is 0 Å². The zero-order valence-electron chi connectivity index (χ0n) is 12.6. The van der Waals surface area contributed by atoms with Gasteiger partial charge in [-0.1, -0.05) is 36.5 Å². The molecule has 0 fully saturated rings. The third-order valence-electron chi connectivity index (χ3n) is 2.93. The van der Waals surface area contributed by atoms with Gasteiger partial charge >= 0.3 is 0 Å². The van der Waals surface area contributed by atoms with Crippen LogP contribution in [0, 0.1) is 0 Å². The van der Waals surface area contributed by atoms with Gasteiger partial charge in [0.05, 0.1) is 11.9 Å².